The lowest BCUT2D eigenvalue weighted by atomic mass is 10.2. The lowest BCUT2D eigenvalue weighted by Crippen LogP contribution is -1.93. The van der Waals surface area contributed by atoms with E-state index < -0.39 is 0 Å². The van der Waals surface area contributed by atoms with Crippen molar-refractivity contribution in [2.75, 3.05) is 0 Å². The van der Waals surface area contributed by atoms with E-state index in [0.29, 0.717) is 0 Å². The molecule has 10 heavy (non-hydrogen) atoms. The SMILES string of the molecule is C1=Cc2ncncc2CS1. The van der Waals surface area contributed by atoms with Gasteiger partial charge < -0.3 is 0 Å². The van der Waals surface area contributed by atoms with Gasteiger partial charge in [-0.2, -0.15) is 0 Å². The molecular formula is C7H6N2S. The van der Waals surface area contributed by atoms with Crippen LogP contribution in [0.15, 0.2) is 17.9 Å². The quantitative estimate of drug-likeness (QED) is 0.563. The van der Waals surface area contributed by atoms with Crippen LogP contribution in [0.25, 0.3) is 6.08 Å². The van der Waals surface area contributed by atoms with Crippen molar-refractivity contribution in [1.82, 2.24) is 9.97 Å². The smallest absolute Gasteiger partial charge is 0.116 e. The van der Waals surface area contributed by atoms with Gasteiger partial charge in [0.1, 0.15) is 6.33 Å². The summed E-state index contributed by atoms with van der Waals surface area (Å²) in [5.74, 6) is 1.01. The van der Waals surface area contributed by atoms with Gasteiger partial charge in [-0.3, -0.25) is 0 Å². The van der Waals surface area contributed by atoms with Crippen molar-refractivity contribution in [2.24, 2.45) is 0 Å². The Balaban J connectivity index is 2.54. The maximum Gasteiger partial charge on any atom is 0.116 e. The van der Waals surface area contributed by atoms with Gasteiger partial charge in [-0.25, -0.2) is 9.97 Å². The van der Waals surface area contributed by atoms with Gasteiger partial charge >= 0.3 is 0 Å². The number of nitrogens with zero attached hydrogens (tertiary/aromatic N) is 2. The van der Waals surface area contributed by atoms with Crippen LogP contribution in [0, 0.1) is 0 Å². The van der Waals surface area contributed by atoms with Gasteiger partial charge in [0.05, 0.1) is 5.69 Å². The fourth-order valence-corrected chi connectivity index (χ4v) is 1.60. The van der Waals surface area contributed by atoms with Gasteiger partial charge in [-0.15, -0.1) is 11.8 Å². The van der Waals surface area contributed by atoms with Crippen LogP contribution in [0.2, 0.25) is 0 Å². The second kappa shape index (κ2) is 2.42. The Labute approximate surface area is 63.4 Å². The second-order valence-electron chi connectivity index (χ2n) is 2.05. The standard InChI is InChI=1S/C7H6N2S/c1-2-10-4-6-3-8-5-9-7(1)6/h1-3,5H,4H2. The number of hydrogen-bond acceptors (Lipinski definition) is 3. The first kappa shape index (κ1) is 5.92. The summed E-state index contributed by atoms with van der Waals surface area (Å²) in [6.07, 6.45) is 5.48. The molecule has 2 nitrogen and oxygen atoms in total. The summed E-state index contributed by atoms with van der Waals surface area (Å²) in [6.45, 7) is 0. The molecule has 0 amide bonds. The van der Waals surface area contributed by atoms with E-state index in [1.54, 1.807) is 18.1 Å². The van der Waals surface area contributed by atoms with Gasteiger partial charge in [-0.1, -0.05) is 0 Å². The zero-order valence-electron chi connectivity index (χ0n) is 5.32. The van der Waals surface area contributed by atoms with Gasteiger partial charge in [0, 0.05) is 17.5 Å². The number of aromatic nitrogens is 2. The second-order valence-corrected chi connectivity index (χ2v) is 2.94. The molecule has 1 aliphatic heterocycles. The van der Waals surface area contributed by atoms with Crippen molar-refractivity contribution in [3.63, 3.8) is 0 Å². The van der Waals surface area contributed by atoms with Crippen molar-refractivity contribution < 1.29 is 0 Å². The summed E-state index contributed by atoms with van der Waals surface area (Å²) in [4.78, 5) is 8.05. The van der Waals surface area contributed by atoms with Crippen LogP contribution in [-0.2, 0) is 5.75 Å². The predicted octanol–water partition coefficient (Wildman–Crippen LogP) is 1.69. The Morgan fingerprint density at radius 1 is 1.50 bits per heavy atom. The van der Waals surface area contributed by atoms with E-state index in [4.69, 9.17) is 0 Å². The molecule has 0 fully saturated rings. The Bertz CT molecular complexity index is 270. The normalized spacial score (nSPS) is 14.8. The molecule has 1 aliphatic rings. The molecule has 50 valence electrons. The Hall–Kier alpha value is -0.830. The molecule has 0 aliphatic carbocycles. The first-order valence-electron chi connectivity index (χ1n) is 3.04. The highest BCUT2D eigenvalue weighted by Gasteiger charge is 2.03. The zero-order valence-corrected chi connectivity index (χ0v) is 6.14. The molecule has 3 heteroatoms. The highest BCUT2D eigenvalue weighted by molar-refractivity contribution is 8.01. The van der Waals surface area contributed by atoms with Gasteiger partial charge in [0.2, 0.25) is 0 Å². The minimum Gasteiger partial charge on any atom is -0.244 e. The number of thioether (sulfide) groups is 1. The topological polar surface area (TPSA) is 25.8 Å². The first-order valence-corrected chi connectivity index (χ1v) is 4.09. The number of hydrogen-bond donors (Lipinski definition) is 0. The summed E-state index contributed by atoms with van der Waals surface area (Å²) < 4.78 is 0. The molecule has 1 aromatic rings. The minimum absolute atomic E-state index is 1.01. The number of fused-ring (bicyclic) bond motifs is 1. The first-order chi connectivity index (χ1) is 4.97. The lowest BCUT2D eigenvalue weighted by Gasteiger charge is -2.05. The molecule has 0 N–H and O–H groups in total. The number of rotatable bonds is 0. The molecule has 0 radical (unpaired) electrons. The molecular weight excluding hydrogens is 144 g/mol. The molecule has 0 saturated heterocycles. The fraction of sp³-hybridized carbons (Fsp3) is 0.143. The Morgan fingerprint density at radius 3 is 3.40 bits per heavy atom. The van der Waals surface area contributed by atoms with Crippen molar-refractivity contribution >= 4 is 17.8 Å². The molecule has 0 atom stereocenters. The minimum atomic E-state index is 1.01. The molecule has 0 saturated carbocycles. The monoisotopic (exact) mass is 150 g/mol. The zero-order chi connectivity index (χ0) is 6.81. The van der Waals surface area contributed by atoms with Crippen LogP contribution in [0.1, 0.15) is 11.3 Å². The fourth-order valence-electron chi connectivity index (χ4n) is 0.880. The van der Waals surface area contributed by atoms with Crippen LogP contribution in [-0.4, -0.2) is 9.97 Å². The highest BCUT2D eigenvalue weighted by Crippen LogP contribution is 2.21. The van der Waals surface area contributed by atoms with E-state index in [1.807, 2.05) is 12.3 Å². The molecule has 0 bridgehead atoms. The van der Waals surface area contributed by atoms with E-state index in [1.165, 1.54) is 5.56 Å². The third-order valence-electron chi connectivity index (χ3n) is 1.38. The van der Waals surface area contributed by atoms with Gasteiger partial charge in [-0.05, 0) is 11.5 Å². The summed E-state index contributed by atoms with van der Waals surface area (Å²) in [7, 11) is 0. The van der Waals surface area contributed by atoms with E-state index in [-0.39, 0.29) is 0 Å². The van der Waals surface area contributed by atoms with E-state index in [2.05, 4.69) is 15.4 Å². The lowest BCUT2D eigenvalue weighted by molar-refractivity contribution is 1.10. The molecule has 0 unspecified atom stereocenters. The van der Waals surface area contributed by atoms with E-state index >= 15 is 0 Å². The molecule has 0 spiro atoms. The van der Waals surface area contributed by atoms with Crippen LogP contribution in [0.5, 0.6) is 0 Å². The van der Waals surface area contributed by atoms with Crippen LogP contribution < -0.4 is 0 Å². The summed E-state index contributed by atoms with van der Waals surface area (Å²) in [6, 6.07) is 0. The van der Waals surface area contributed by atoms with E-state index in [0.717, 1.165) is 11.4 Å². The summed E-state index contributed by atoms with van der Waals surface area (Å²) in [5.41, 5.74) is 2.30. The molecule has 2 rings (SSSR count). The maximum absolute atomic E-state index is 4.11. The Morgan fingerprint density at radius 2 is 2.50 bits per heavy atom. The summed E-state index contributed by atoms with van der Waals surface area (Å²) in [5, 5.41) is 2.06. The van der Waals surface area contributed by atoms with Crippen molar-refractivity contribution in [1.29, 1.82) is 0 Å². The van der Waals surface area contributed by atoms with Crippen molar-refractivity contribution in [3.05, 3.63) is 29.2 Å². The third-order valence-corrected chi connectivity index (χ3v) is 2.19. The Kier molecular flexibility index (Phi) is 1.43. The largest absolute Gasteiger partial charge is 0.244 e. The third kappa shape index (κ3) is 0.926. The average molecular weight is 150 g/mol. The van der Waals surface area contributed by atoms with Gasteiger partial charge in [0.25, 0.3) is 0 Å². The van der Waals surface area contributed by atoms with Crippen LogP contribution in [0.3, 0.4) is 0 Å². The van der Waals surface area contributed by atoms with Crippen molar-refractivity contribution in [3.8, 4) is 0 Å². The maximum atomic E-state index is 4.11. The highest BCUT2D eigenvalue weighted by atomic mass is 32.2. The molecule has 0 aromatic carbocycles. The van der Waals surface area contributed by atoms with Crippen LogP contribution >= 0.6 is 11.8 Å². The van der Waals surface area contributed by atoms with Crippen molar-refractivity contribution in [2.45, 2.75) is 5.75 Å². The molecule has 1 aromatic heterocycles. The van der Waals surface area contributed by atoms with Gasteiger partial charge in [0.15, 0.2) is 0 Å². The molecule has 2 heterocycles. The average Bonchev–Trinajstić information content (AvgIpc) is 2.05. The summed E-state index contributed by atoms with van der Waals surface area (Å²) >= 11 is 1.78. The van der Waals surface area contributed by atoms with Crippen LogP contribution in [0.4, 0.5) is 0 Å². The van der Waals surface area contributed by atoms with E-state index in [9.17, 15) is 0 Å². The predicted molar refractivity (Wildman–Crippen MR) is 42.4 cm³/mol.